The number of aromatic nitrogens is 3. The maximum Gasteiger partial charge on any atom is 0.226 e. The van der Waals surface area contributed by atoms with Crippen LogP contribution >= 0.6 is 0 Å². The Balaban J connectivity index is 1.75. The Morgan fingerprint density at radius 1 is 1.14 bits per heavy atom. The van der Waals surface area contributed by atoms with Crippen LogP contribution in [0.3, 0.4) is 0 Å². The number of hydrogen-bond acceptors (Lipinski definition) is 6. The van der Waals surface area contributed by atoms with Crippen LogP contribution in [0.5, 0.6) is 11.6 Å². The molecule has 1 saturated carbocycles. The van der Waals surface area contributed by atoms with Crippen molar-refractivity contribution in [2.24, 2.45) is 0 Å². The van der Waals surface area contributed by atoms with Crippen molar-refractivity contribution in [2.45, 2.75) is 64.6 Å². The Morgan fingerprint density at radius 3 is 2.63 bits per heavy atom. The van der Waals surface area contributed by atoms with E-state index >= 15 is 4.39 Å². The fourth-order valence-electron chi connectivity index (χ4n) is 4.80. The van der Waals surface area contributed by atoms with Crippen LogP contribution in [0.1, 0.15) is 57.3 Å². The van der Waals surface area contributed by atoms with Gasteiger partial charge in [0, 0.05) is 24.1 Å². The largest absolute Gasteiger partial charge is 0.508 e. The van der Waals surface area contributed by atoms with Crippen LogP contribution < -0.4 is 4.74 Å². The quantitative estimate of drug-likeness (QED) is 0.376. The molecule has 0 saturated heterocycles. The molecule has 2 N–H and O–H groups in total. The lowest BCUT2D eigenvalue weighted by atomic mass is 9.94. The first-order chi connectivity index (χ1) is 16.8. The van der Waals surface area contributed by atoms with E-state index in [2.05, 4.69) is 15.0 Å². The average Bonchev–Trinajstić information content (AvgIpc) is 3.23. The highest BCUT2D eigenvalue weighted by Gasteiger charge is 2.27. The van der Waals surface area contributed by atoms with Gasteiger partial charge in [-0.3, -0.25) is 4.98 Å². The number of aliphatic hydroxyl groups is 1. The van der Waals surface area contributed by atoms with Crippen molar-refractivity contribution < 1.29 is 23.7 Å². The first-order valence-corrected chi connectivity index (χ1v) is 11.9. The number of ether oxygens (including phenoxy) is 1. The van der Waals surface area contributed by atoms with Gasteiger partial charge in [0.2, 0.25) is 5.88 Å². The van der Waals surface area contributed by atoms with E-state index < -0.39 is 17.7 Å². The summed E-state index contributed by atoms with van der Waals surface area (Å²) >= 11 is 0. The summed E-state index contributed by atoms with van der Waals surface area (Å²) in [6.45, 7) is 5.64. The third kappa shape index (κ3) is 4.16. The summed E-state index contributed by atoms with van der Waals surface area (Å²) in [6, 6.07) is 5.84. The molecule has 8 heteroatoms. The smallest absolute Gasteiger partial charge is 0.226 e. The molecule has 4 aromatic rings. The fourth-order valence-corrected chi connectivity index (χ4v) is 4.80. The van der Waals surface area contributed by atoms with Gasteiger partial charge in [-0.2, -0.15) is 4.98 Å². The van der Waals surface area contributed by atoms with Crippen molar-refractivity contribution in [3.05, 3.63) is 53.5 Å². The molecule has 1 aliphatic rings. The molecule has 0 radical (unpaired) electrons. The number of phenolic OH excluding ortho intramolecular Hbond substituents is 1. The minimum absolute atomic E-state index is 0.0330. The van der Waals surface area contributed by atoms with Gasteiger partial charge in [-0.05, 0) is 53.8 Å². The Kier molecular flexibility index (Phi) is 6.01. The lowest BCUT2D eigenvalue weighted by molar-refractivity contribution is 0.147. The van der Waals surface area contributed by atoms with Crippen LogP contribution in [0.25, 0.3) is 32.9 Å². The number of fused-ring (bicyclic) bond motifs is 2. The summed E-state index contributed by atoms with van der Waals surface area (Å²) < 4.78 is 36.9. The monoisotopic (exact) mass is 479 g/mol. The second-order valence-corrected chi connectivity index (χ2v) is 9.40. The average molecular weight is 480 g/mol. The van der Waals surface area contributed by atoms with Crippen LogP contribution in [0.15, 0.2) is 30.5 Å². The number of pyridine rings is 1. The zero-order valence-electron chi connectivity index (χ0n) is 19.8. The first kappa shape index (κ1) is 23.4. The summed E-state index contributed by atoms with van der Waals surface area (Å²) in [5.74, 6) is -0.598. The van der Waals surface area contributed by atoms with Gasteiger partial charge in [-0.25, -0.2) is 13.8 Å². The molecule has 2 atom stereocenters. The van der Waals surface area contributed by atoms with E-state index in [1.54, 1.807) is 6.07 Å². The lowest BCUT2D eigenvalue weighted by Crippen LogP contribution is -2.16. The van der Waals surface area contributed by atoms with Gasteiger partial charge >= 0.3 is 0 Å². The van der Waals surface area contributed by atoms with Gasteiger partial charge in [0.15, 0.2) is 5.82 Å². The summed E-state index contributed by atoms with van der Waals surface area (Å²) in [4.78, 5) is 13.4. The fraction of sp³-hybridized carbons (Fsp3) is 0.370. The van der Waals surface area contributed by atoms with E-state index in [0.717, 1.165) is 0 Å². The lowest BCUT2D eigenvalue weighted by Gasteiger charge is -2.17. The molecule has 1 aliphatic carbocycles. The highest BCUT2D eigenvalue weighted by Crippen LogP contribution is 2.39. The molecule has 2 unspecified atom stereocenters. The Hall–Kier alpha value is -3.39. The van der Waals surface area contributed by atoms with E-state index in [0.29, 0.717) is 58.8 Å². The van der Waals surface area contributed by atoms with Crippen molar-refractivity contribution in [2.75, 3.05) is 0 Å². The number of phenols is 1. The van der Waals surface area contributed by atoms with Crippen molar-refractivity contribution in [1.29, 1.82) is 0 Å². The first-order valence-electron chi connectivity index (χ1n) is 11.9. The molecular formula is C27H27F2N3O3. The van der Waals surface area contributed by atoms with Crippen LogP contribution in [0.4, 0.5) is 8.78 Å². The topological polar surface area (TPSA) is 88.4 Å². The number of aryl methyl sites for hydroxylation is 1. The van der Waals surface area contributed by atoms with Gasteiger partial charge in [0.25, 0.3) is 0 Å². The molecule has 2 aromatic carbocycles. The second kappa shape index (κ2) is 9.00. The van der Waals surface area contributed by atoms with Crippen molar-refractivity contribution in [3.63, 3.8) is 0 Å². The summed E-state index contributed by atoms with van der Waals surface area (Å²) in [5, 5.41) is 21.6. The summed E-state index contributed by atoms with van der Waals surface area (Å²) in [5.41, 5.74) is 0.734. The van der Waals surface area contributed by atoms with Crippen LogP contribution in [-0.4, -0.2) is 37.4 Å². The van der Waals surface area contributed by atoms with Gasteiger partial charge < -0.3 is 14.9 Å². The standard InChI is InChI=1S/C27H27F2N3O3/c1-4-18-21(28)8-5-14-9-16(34)11-19(22(14)18)24-23(29)25-20(12-30-24)27(32-26(31-25)13(2)3)35-17-7-6-15(33)10-17/h5,8-9,11-13,15,17,33-34H,4,6-7,10H2,1-3H3. The maximum atomic E-state index is 16.1. The maximum absolute atomic E-state index is 16.1. The van der Waals surface area contributed by atoms with E-state index in [9.17, 15) is 14.6 Å². The third-order valence-corrected chi connectivity index (χ3v) is 6.58. The zero-order valence-corrected chi connectivity index (χ0v) is 19.8. The highest BCUT2D eigenvalue weighted by molar-refractivity contribution is 6.01. The Bertz CT molecular complexity index is 1440. The predicted molar refractivity (Wildman–Crippen MR) is 130 cm³/mol. The zero-order chi connectivity index (χ0) is 24.9. The molecule has 0 bridgehead atoms. The number of benzene rings is 2. The minimum atomic E-state index is -0.693. The highest BCUT2D eigenvalue weighted by atomic mass is 19.1. The minimum Gasteiger partial charge on any atom is -0.508 e. The normalized spacial score (nSPS) is 18.1. The number of hydrogen-bond donors (Lipinski definition) is 2. The second-order valence-electron chi connectivity index (χ2n) is 9.40. The number of nitrogens with zero attached hydrogens (tertiary/aromatic N) is 3. The molecule has 0 spiro atoms. The molecule has 5 rings (SSSR count). The number of halogens is 2. The molecule has 0 amide bonds. The Labute approximate surface area is 201 Å². The third-order valence-electron chi connectivity index (χ3n) is 6.58. The number of aliphatic hydroxyl groups excluding tert-OH is 1. The Morgan fingerprint density at radius 2 is 1.94 bits per heavy atom. The van der Waals surface area contributed by atoms with Crippen molar-refractivity contribution in [3.8, 4) is 22.9 Å². The van der Waals surface area contributed by atoms with Gasteiger partial charge in [-0.15, -0.1) is 0 Å². The SMILES string of the molecule is CCc1c(F)ccc2cc(O)cc(-c3ncc4c(OC5CCC(O)C5)nc(C(C)C)nc4c3F)c12. The van der Waals surface area contributed by atoms with Crippen molar-refractivity contribution >= 4 is 21.7 Å². The molecule has 182 valence electrons. The molecule has 35 heavy (non-hydrogen) atoms. The molecule has 1 fully saturated rings. The van der Waals surface area contributed by atoms with E-state index in [-0.39, 0.29) is 34.9 Å². The summed E-state index contributed by atoms with van der Waals surface area (Å²) in [6.07, 6.45) is 3.00. The van der Waals surface area contributed by atoms with Crippen LogP contribution in [0, 0.1) is 11.6 Å². The van der Waals surface area contributed by atoms with Gasteiger partial charge in [0.05, 0.1) is 11.5 Å². The van der Waals surface area contributed by atoms with E-state index in [1.165, 1.54) is 24.4 Å². The van der Waals surface area contributed by atoms with Crippen molar-refractivity contribution in [1.82, 2.24) is 15.0 Å². The molecular weight excluding hydrogens is 452 g/mol. The van der Waals surface area contributed by atoms with Crippen LogP contribution in [-0.2, 0) is 6.42 Å². The number of rotatable bonds is 5. The van der Waals surface area contributed by atoms with Gasteiger partial charge in [-0.1, -0.05) is 26.8 Å². The van der Waals surface area contributed by atoms with E-state index in [4.69, 9.17) is 4.74 Å². The van der Waals surface area contributed by atoms with Gasteiger partial charge in [0.1, 0.15) is 34.7 Å². The van der Waals surface area contributed by atoms with E-state index in [1.807, 2.05) is 20.8 Å². The molecule has 6 nitrogen and oxygen atoms in total. The molecule has 2 aromatic heterocycles. The van der Waals surface area contributed by atoms with Crippen LogP contribution in [0.2, 0.25) is 0 Å². The number of aromatic hydroxyl groups is 1. The molecule has 2 heterocycles. The summed E-state index contributed by atoms with van der Waals surface area (Å²) in [7, 11) is 0. The molecule has 0 aliphatic heterocycles. The predicted octanol–water partition coefficient (Wildman–Crippen LogP) is 5.81.